The van der Waals surface area contributed by atoms with Crippen molar-refractivity contribution < 1.29 is 20.1 Å². The third kappa shape index (κ3) is 2.92. The zero-order valence-electron chi connectivity index (χ0n) is 7.74. The molecule has 0 aliphatic rings. The van der Waals surface area contributed by atoms with Crippen LogP contribution in [0.3, 0.4) is 0 Å². The molecule has 3 N–H and O–H groups in total. The Morgan fingerprint density at radius 3 is 2.73 bits per heavy atom. The molecule has 1 aromatic rings. The van der Waals surface area contributed by atoms with Gasteiger partial charge in [-0.2, -0.15) is 12.6 Å². The van der Waals surface area contributed by atoms with Gasteiger partial charge >= 0.3 is 5.97 Å². The van der Waals surface area contributed by atoms with Crippen molar-refractivity contribution >= 4 is 18.6 Å². The van der Waals surface area contributed by atoms with Gasteiger partial charge in [-0.1, -0.05) is 0 Å². The second-order valence-corrected chi connectivity index (χ2v) is 3.33. The predicted molar refractivity (Wildman–Crippen MR) is 56.0 cm³/mol. The van der Waals surface area contributed by atoms with E-state index >= 15 is 0 Å². The standard InChI is InChI=1S/C9H11NO4S/c11-7(4-15)8(12)6-3-5(9(13)14)1-2-10-6/h1-3,7-8,11-12,15H,4H2,(H,13,14). The normalized spacial score (nSPS) is 14.6. The van der Waals surface area contributed by atoms with Gasteiger partial charge in [0.25, 0.3) is 0 Å². The molecule has 82 valence electrons. The topological polar surface area (TPSA) is 90.7 Å². The van der Waals surface area contributed by atoms with Crippen molar-refractivity contribution in [3.8, 4) is 0 Å². The van der Waals surface area contributed by atoms with E-state index in [1.165, 1.54) is 18.3 Å². The summed E-state index contributed by atoms with van der Waals surface area (Å²) < 4.78 is 0. The number of rotatable bonds is 4. The molecule has 0 aliphatic heterocycles. The molecular weight excluding hydrogens is 218 g/mol. The minimum absolute atomic E-state index is 0.0189. The van der Waals surface area contributed by atoms with Crippen LogP contribution >= 0.6 is 12.6 Å². The number of hydrogen-bond acceptors (Lipinski definition) is 5. The highest BCUT2D eigenvalue weighted by Crippen LogP contribution is 2.16. The maximum Gasteiger partial charge on any atom is 0.335 e. The van der Waals surface area contributed by atoms with E-state index < -0.39 is 18.2 Å². The minimum Gasteiger partial charge on any atom is -0.478 e. The Balaban J connectivity index is 2.94. The van der Waals surface area contributed by atoms with E-state index in [9.17, 15) is 15.0 Å². The van der Waals surface area contributed by atoms with Crippen molar-refractivity contribution in [2.45, 2.75) is 12.2 Å². The first-order chi connectivity index (χ1) is 7.06. The lowest BCUT2D eigenvalue weighted by Gasteiger charge is -2.15. The summed E-state index contributed by atoms with van der Waals surface area (Å²) >= 11 is 3.82. The maximum atomic E-state index is 10.6. The Bertz CT molecular complexity index is 358. The maximum absolute atomic E-state index is 10.6. The van der Waals surface area contributed by atoms with Crippen LogP contribution in [0, 0.1) is 0 Å². The van der Waals surface area contributed by atoms with Crippen LogP contribution in [-0.4, -0.2) is 38.1 Å². The SMILES string of the molecule is O=C(O)c1ccnc(C(O)C(O)CS)c1. The van der Waals surface area contributed by atoms with E-state index in [2.05, 4.69) is 17.6 Å². The molecule has 0 amide bonds. The Hall–Kier alpha value is -1.11. The van der Waals surface area contributed by atoms with Gasteiger partial charge in [0.2, 0.25) is 0 Å². The molecule has 2 unspecified atom stereocenters. The van der Waals surface area contributed by atoms with Crippen LogP contribution in [0.5, 0.6) is 0 Å². The van der Waals surface area contributed by atoms with Gasteiger partial charge in [-0.25, -0.2) is 4.79 Å². The number of aliphatic hydroxyl groups excluding tert-OH is 2. The molecular formula is C9H11NO4S. The van der Waals surface area contributed by atoms with Crippen molar-refractivity contribution in [3.05, 3.63) is 29.6 Å². The van der Waals surface area contributed by atoms with Gasteiger partial charge in [0.1, 0.15) is 6.10 Å². The van der Waals surface area contributed by atoms with Crippen LogP contribution in [0.2, 0.25) is 0 Å². The quantitative estimate of drug-likeness (QED) is 0.550. The second-order valence-electron chi connectivity index (χ2n) is 2.97. The number of carboxylic acids is 1. The molecule has 5 nitrogen and oxygen atoms in total. The lowest BCUT2D eigenvalue weighted by Crippen LogP contribution is -2.21. The summed E-state index contributed by atoms with van der Waals surface area (Å²) in [6.07, 6.45) is -1.01. The van der Waals surface area contributed by atoms with Crippen molar-refractivity contribution in [1.82, 2.24) is 4.98 Å². The van der Waals surface area contributed by atoms with Crippen LogP contribution in [0.4, 0.5) is 0 Å². The smallest absolute Gasteiger partial charge is 0.335 e. The molecule has 1 aromatic heterocycles. The zero-order chi connectivity index (χ0) is 11.4. The summed E-state index contributed by atoms with van der Waals surface area (Å²) in [5, 5.41) is 27.5. The Morgan fingerprint density at radius 1 is 1.53 bits per heavy atom. The average Bonchev–Trinajstić information content (AvgIpc) is 2.27. The third-order valence-corrected chi connectivity index (χ3v) is 2.26. The van der Waals surface area contributed by atoms with Crippen molar-refractivity contribution in [3.63, 3.8) is 0 Å². The first-order valence-corrected chi connectivity index (χ1v) is 4.85. The summed E-state index contributed by atoms with van der Waals surface area (Å²) in [6.45, 7) is 0. The molecule has 0 radical (unpaired) electrons. The van der Waals surface area contributed by atoms with Crippen LogP contribution in [0.15, 0.2) is 18.3 Å². The number of aliphatic hydroxyl groups is 2. The Kier molecular flexibility index (Phi) is 4.07. The Labute approximate surface area is 91.8 Å². The zero-order valence-corrected chi connectivity index (χ0v) is 8.63. The molecule has 1 heterocycles. The number of nitrogens with zero attached hydrogens (tertiary/aromatic N) is 1. The second kappa shape index (κ2) is 5.11. The molecule has 6 heteroatoms. The average molecular weight is 229 g/mol. The molecule has 2 atom stereocenters. The third-order valence-electron chi connectivity index (χ3n) is 1.88. The summed E-state index contributed by atoms with van der Waals surface area (Å²) in [4.78, 5) is 14.4. The van der Waals surface area contributed by atoms with Gasteiger partial charge in [0.15, 0.2) is 0 Å². The van der Waals surface area contributed by atoms with E-state index in [0.717, 1.165) is 0 Å². The highest BCUT2D eigenvalue weighted by atomic mass is 32.1. The highest BCUT2D eigenvalue weighted by molar-refractivity contribution is 7.80. The Morgan fingerprint density at radius 2 is 2.20 bits per heavy atom. The van der Waals surface area contributed by atoms with Gasteiger partial charge in [0, 0.05) is 11.9 Å². The van der Waals surface area contributed by atoms with E-state index in [-0.39, 0.29) is 17.0 Å². The molecule has 0 aromatic carbocycles. The molecule has 0 bridgehead atoms. The monoisotopic (exact) mass is 229 g/mol. The van der Waals surface area contributed by atoms with Crippen LogP contribution in [-0.2, 0) is 0 Å². The number of pyridine rings is 1. The lowest BCUT2D eigenvalue weighted by atomic mass is 10.1. The van der Waals surface area contributed by atoms with E-state index in [0.29, 0.717) is 0 Å². The number of thiol groups is 1. The van der Waals surface area contributed by atoms with Crippen molar-refractivity contribution in [2.24, 2.45) is 0 Å². The summed E-state index contributed by atoms with van der Waals surface area (Å²) in [5.74, 6) is -1.04. The van der Waals surface area contributed by atoms with Gasteiger partial charge in [-0.05, 0) is 12.1 Å². The minimum atomic E-state index is -1.22. The van der Waals surface area contributed by atoms with E-state index in [4.69, 9.17) is 5.11 Å². The van der Waals surface area contributed by atoms with Gasteiger partial charge in [0.05, 0.1) is 17.4 Å². The molecule has 15 heavy (non-hydrogen) atoms. The first kappa shape index (κ1) is 12.0. The first-order valence-electron chi connectivity index (χ1n) is 4.22. The van der Waals surface area contributed by atoms with Gasteiger partial charge < -0.3 is 15.3 Å². The van der Waals surface area contributed by atoms with Crippen LogP contribution in [0.25, 0.3) is 0 Å². The van der Waals surface area contributed by atoms with Crippen LogP contribution < -0.4 is 0 Å². The molecule has 0 fully saturated rings. The number of aromatic carboxylic acids is 1. The number of aromatic nitrogens is 1. The fourth-order valence-corrected chi connectivity index (χ4v) is 1.24. The molecule has 1 rings (SSSR count). The molecule has 0 saturated carbocycles. The van der Waals surface area contributed by atoms with E-state index in [1.807, 2.05) is 0 Å². The molecule has 0 saturated heterocycles. The predicted octanol–water partition coefficient (Wildman–Crippen LogP) is 0.104. The van der Waals surface area contributed by atoms with Crippen molar-refractivity contribution in [1.29, 1.82) is 0 Å². The largest absolute Gasteiger partial charge is 0.478 e. The highest BCUT2D eigenvalue weighted by Gasteiger charge is 2.19. The van der Waals surface area contributed by atoms with Crippen LogP contribution in [0.1, 0.15) is 22.2 Å². The number of hydrogen-bond donors (Lipinski definition) is 4. The van der Waals surface area contributed by atoms with Gasteiger partial charge in [-0.15, -0.1) is 0 Å². The lowest BCUT2D eigenvalue weighted by molar-refractivity contribution is 0.0309. The fraction of sp³-hybridized carbons (Fsp3) is 0.333. The van der Waals surface area contributed by atoms with Gasteiger partial charge in [-0.3, -0.25) is 4.98 Å². The summed E-state index contributed by atoms with van der Waals surface area (Å²) in [7, 11) is 0. The fourth-order valence-electron chi connectivity index (χ4n) is 1.04. The number of carbonyl (C=O) groups is 1. The summed E-state index contributed by atoms with van der Waals surface area (Å²) in [5.41, 5.74) is 0.141. The summed E-state index contributed by atoms with van der Waals surface area (Å²) in [6, 6.07) is 2.53. The van der Waals surface area contributed by atoms with Crippen molar-refractivity contribution in [2.75, 3.05) is 5.75 Å². The number of carboxylic acid groups (broad SMARTS) is 1. The molecule has 0 spiro atoms. The van der Waals surface area contributed by atoms with E-state index in [1.54, 1.807) is 0 Å². The molecule has 0 aliphatic carbocycles.